The summed E-state index contributed by atoms with van der Waals surface area (Å²) >= 11 is 0. The Morgan fingerprint density at radius 3 is 2.41 bits per heavy atom. The molecule has 0 amide bonds. The van der Waals surface area contributed by atoms with Crippen molar-refractivity contribution in [2.45, 2.75) is 20.3 Å². The lowest BCUT2D eigenvalue weighted by Crippen LogP contribution is -2.02. The van der Waals surface area contributed by atoms with Crippen molar-refractivity contribution in [1.29, 1.82) is 0 Å². The first kappa shape index (κ1) is 11.3. The number of aromatic nitrogens is 3. The fourth-order valence-electron chi connectivity index (χ4n) is 1.56. The number of rotatable bonds is 3. The van der Waals surface area contributed by atoms with Gasteiger partial charge in [0.2, 0.25) is 0 Å². The predicted octanol–water partition coefficient (Wildman–Crippen LogP) is 1.84. The molecular formula is C12H13N3O2. The molecule has 1 aromatic carbocycles. The second-order valence-corrected chi connectivity index (χ2v) is 3.75. The fourth-order valence-corrected chi connectivity index (χ4v) is 1.56. The third kappa shape index (κ3) is 2.18. The van der Waals surface area contributed by atoms with Crippen molar-refractivity contribution in [2.75, 3.05) is 0 Å². The van der Waals surface area contributed by atoms with Crippen LogP contribution in [0.25, 0.3) is 5.69 Å². The molecule has 2 aromatic rings. The normalized spacial score (nSPS) is 10.5. The highest BCUT2D eigenvalue weighted by molar-refractivity contribution is 5.86. The van der Waals surface area contributed by atoms with Gasteiger partial charge in [-0.05, 0) is 31.0 Å². The molecule has 0 aliphatic rings. The number of hydrogen-bond acceptors (Lipinski definition) is 3. The molecule has 1 N–H and O–H groups in total. The van der Waals surface area contributed by atoms with Crippen molar-refractivity contribution < 1.29 is 9.90 Å². The maximum Gasteiger partial charge on any atom is 0.358 e. The molecule has 2 rings (SSSR count). The van der Waals surface area contributed by atoms with E-state index in [1.165, 1.54) is 10.4 Å². The molecule has 0 spiro atoms. The van der Waals surface area contributed by atoms with E-state index in [1.807, 2.05) is 24.3 Å². The van der Waals surface area contributed by atoms with Crippen LogP contribution in [0.2, 0.25) is 0 Å². The molecule has 0 atom stereocenters. The molecule has 0 aliphatic heterocycles. The summed E-state index contributed by atoms with van der Waals surface area (Å²) in [6.07, 6.45) is 0.965. The summed E-state index contributed by atoms with van der Waals surface area (Å²) in [5.74, 6) is -1.06. The number of hydrogen-bond donors (Lipinski definition) is 1. The van der Waals surface area contributed by atoms with Crippen molar-refractivity contribution in [1.82, 2.24) is 15.0 Å². The van der Waals surface area contributed by atoms with Gasteiger partial charge in [0, 0.05) is 0 Å². The Bertz CT molecular complexity index is 543. The van der Waals surface area contributed by atoms with Gasteiger partial charge >= 0.3 is 5.97 Å². The summed E-state index contributed by atoms with van der Waals surface area (Å²) in [6.45, 7) is 3.71. The summed E-state index contributed by atoms with van der Waals surface area (Å²) in [6, 6.07) is 7.72. The molecule has 0 unspecified atom stereocenters. The van der Waals surface area contributed by atoms with Crippen molar-refractivity contribution in [2.24, 2.45) is 0 Å². The van der Waals surface area contributed by atoms with Crippen LogP contribution in [0.3, 0.4) is 0 Å². The minimum absolute atomic E-state index is 0.00966. The summed E-state index contributed by atoms with van der Waals surface area (Å²) in [5, 5.41) is 16.9. The van der Waals surface area contributed by atoms with Crippen molar-refractivity contribution in [3.05, 3.63) is 41.2 Å². The summed E-state index contributed by atoms with van der Waals surface area (Å²) in [5.41, 5.74) is 2.38. The molecule has 1 aromatic heterocycles. The first-order valence-corrected chi connectivity index (χ1v) is 5.38. The lowest BCUT2D eigenvalue weighted by Gasteiger charge is -2.00. The minimum atomic E-state index is -1.06. The van der Waals surface area contributed by atoms with E-state index in [9.17, 15) is 4.79 Å². The zero-order chi connectivity index (χ0) is 12.4. The zero-order valence-electron chi connectivity index (χ0n) is 9.71. The van der Waals surface area contributed by atoms with Gasteiger partial charge in [0.05, 0.1) is 11.4 Å². The molecule has 0 saturated heterocycles. The van der Waals surface area contributed by atoms with Crippen LogP contribution >= 0.6 is 0 Å². The standard InChI is InChI=1S/C12H13N3O2/c1-3-9-4-6-10(7-5-9)15-13-8(2)11(14-15)12(16)17/h4-7H,3H2,1-2H3,(H,16,17). The van der Waals surface area contributed by atoms with Crippen molar-refractivity contribution in [3.8, 4) is 5.69 Å². The number of aryl methyl sites for hydroxylation is 2. The van der Waals surface area contributed by atoms with E-state index >= 15 is 0 Å². The van der Waals surface area contributed by atoms with Gasteiger partial charge in [-0.15, -0.1) is 5.10 Å². The molecular weight excluding hydrogens is 218 g/mol. The summed E-state index contributed by atoms with van der Waals surface area (Å²) in [7, 11) is 0. The number of carbonyl (C=O) groups is 1. The quantitative estimate of drug-likeness (QED) is 0.875. The molecule has 17 heavy (non-hydrogen) atoms. The topological polar surface area (TPSA) is 68.0 Å². The Kier molecular flexibility index (Phi) is 2.91. The Balaban J connectivity index is 2.39. The van der Waals surface area contributed by atoms with E-state index in [-0.39, 0.29) is 5.69 Å². The summed E-state index contributed by atoms with van der Waals surface area (Å²) < 4.78 is 0. The number of carboxylic acids is 1. The van der Waals surface area contributed by atoms with Crippen LogP contribution in [0.1, 0.15) is 28.7 Å². The first-order chi connectivity index (χ1) is 8.11. The second kappa shape index (κ2) is 4.37. The highest BCUT2D eigenvalue weighted by Crippen LogP contribution is 2.10. The highest BCUT2D eigenvalue weighted by Gasteiger charge is 2.14. The van der Waals surface area contributed by atoms with Gasteiger partial charge in [-0.3, -0.25) is 0 Å². The smallest absolute Gasteiger partial charge is 0.358 e. The first-order valence-electron chi connectivity index (χ1n) is 5.38. The van der Waals surface area contributed by atoms with E-state index in [0.717, 1.165) is 12.1 Å². The van der Waals surface area contributed by atoms with Crippen molar-refractivity contribution in [3.63, 3.8) is 0 Å². The van der Waals surface area contributed by atoms with Gasteiger partial charge in [0.25, 0.3) is 0 Å². The van der Waals surface area contributed by atoms with Crippen LogP contribution in [-0.4, -0.2) is 26.1 Å². The second-order valence-electron chi connectivity index (χ2n) is 3.75. The highest BCUT2D eigenvalue weighted by atomic mass is 16.4. The molecule has 5 heteroatoms. The largest absolute Gasteiger partial charge is 0.476 e. The van der Waals surface area contributed by atoms with E-state index in [1.54, 1.807) is 6.92 Å². The van der Waals surface area contributed by atoms with Crippen LogP contribution in [0.15, 0.2) is 24.3 Å². The molecule has 5 nitrogen and oxygen atoms in total. The molecule has 0 radical (unpaired) electrons. The van der Waals surface area contributed by atoms with E-state index in [2.05, 4.69) is 17.1 Å². The van der Waals surface area contributed by atoms with Crippen LogP contribution < -0.4 is 0 Å². The van der Waals surface area contributed by atoms with Crippen LogP contribution in [0.5, 0.6) is 0 Å². The Morgan fingerprint density at radius 1 is 1.29 bits per heavy atom. The number of aromatic carboxylic acids is 1. The molecule has 1 heterocycles. The number of nitrogens with zero attached hydrogens (tertiary/aromatic N) is 3. The van der Waals surface area contributed by atoms with Crippen LogP contribution in [0, 0.1) is 6.92 Å². The van der Waals surface area contributed by atoms with E-state index in [0.29, 0.717) is 5.69 Å². The van der Waals surface area contributed by atoms with Gasteiger partial charge in [0.15, 0.2) is 5.69 Å². The third-order valence-corrected chi connectivity index (χ3v) is 2.56. The maximum absolute atomic E-state index is 10.9. The number of carboxylic acid groups (broad SMARTS) is 1. The van der Waals surface area contributed by atoms with Crippen molar-refractivity contribution >= 4 is 5.97 Å². The van der Waals surface area contributed by atoms with E-state index < -0.39 is 5.97 Å². The molecule has 0 aliphatic carbocycles. The summed E-state index contributed by atoms with van der Waals surface area (Å²) in [4.78, 5) is 12.2. The average molecular weight is 231 g/mol. The van der Waals surface area contributed by atoms with Gasteiger partial charge in [-0.2, -0.15) is 9.90 Å². The third-order valence-electron chi connectivity index (χ3n) is 2.56. The van der Waals surface area contributed by atoms with E-state index in [4.69, 9.17) is 5.11 Å². The van der Waals surface area contributed by atoms with Gasteiger partial charge in [-0.25, -0.2) is 4.79 Å². The van der Waals surface area contributed by atoms with Crippen LogP contribution in [0.4, 0.5) is 0 Å². The Labute approximate surface area is 98.7 Å². The fraction of sp³-hybridized carbons (Fsp3) is 0.250. The maximum atomic E-state index is 10.9. The molecule has 0 fully saturated rings. The lowest BCUT2D eigenvalue weighted by atomic mass is 10.2. The zero-order valence-corrected chi connectivity index (χ0v) is 9.71. The SMILES string of the molecule is CCc1ccc(-n2nc(C)c(C(=O)O)n2)cc1. The number of benzene rings is 1. The van der Waals surface area contributed by atoms with Gasteiger partial charge < -0.3 is 5.11 Å². The molecule has 0 saturated carbocycles. The lowest BCUT2D eigenvalue weighted by molar-refractivity contribution is 0.0689. The van der Waals surface area contributed by atoms with Crippen LogP contribution in [-0.2, 0) is 6.42 Å². The minimum Gasteiger partial charge on any atom is -0.476 e. The average Bonchev–Trinajstić information content (AvgIpc) is 2.71. The molecule has 0 bridgehead atoms. The van der Waals surface area contributed by atoms with Gasteiger partial charge in [-0.1, -0.05) is 19.1 Å². The Hall–Kier alpha value is -2.17. The Morgan fingerprint density at radius 2 is 1.94 bits per heavy atom. The van der Waals surface area contributed by atoms with Gasteiger partial charge in [0.1, 0.15) is 0 Å². The predicted molar refractivity (Wildman–Crippen MR) is 62.4 cm³/mol. The monoisotopic (exact) mass is 231 g/mol. The molecule has 88 valence electrons.